The minimum atomic E-state index is -0.991. The van der Waals surface area contributed by atoms with Crippen molar-refractivity contribution in [3.63, 3.8) is 0 Å². The first-order valence-electron chi connectivity index (χ1n) is 7.08. The van der Waals surface area contributed by atoms with Crippen LogP contribution in [0.2, 0.25) is 10.0 Å². The molecule has 0 amide bonds. The minimum absolute atomic E-state index is 0.0501. The summed E-state index contributed by atoms with van der Waals surface area (Å²) in [5.74, 6) is -0.767. The first-order chi connectivity index (χ1) is 10.9. The van der Waals surface area contributed by atoms with Gasteiger partial charge in [-0.1, -0.05) is 23.2 Å². The molecule has 2 atom stereocenters. The molecule has 1 aromatic heterocycles. The Balaban J connectivity index is 1.99. The summed E-state index contributed by atoms with van der Waals surface area (Å²) in [5.41, 5.74) is 5.51. The maximum Gasteiger partial charge on any atom is 0.347 e. The maximum atomic E-state index is 12.9. The number of aromatic nitrogens is 1. The van der Waals surface area contributed by atoms with Crippen molar-refractivity contribution in [3.8, 4) is 5.88 Å². The molecular formula is C14H17Cl2FN2O4. The Morgan fingerprint density at radius 2 is 2.26 bits per heavy atom. The van der Waals surface area contributed by atoms with Crippen molar-refractivity contribution in [2.45, 2.75) is 38.6 Å². The molecule has 1 fully saturated rings. The lowest BCUT2D eigenvalue weighted by Gasteiger charge is -2.17. The molecule has 0 bridgehead atoms. The Hall–Kier alpha value is -1.31. The summed E-state index contributed by atoms with van der Waals surface area (Å²) in [6.45, 7) is 1.36. The second-order valence-corrected chi connectivity index (χ2v) is 5.82. The SMILES string of the molecule is C[C@@H](Oc1nc(CF)c(Cl)c(N)c1Cl)C(=O)OCC1CCCO1. The van der Waals surface area contributed by atoms with Crippen molar-refractivity contribution in [2.75, 3.05) is 18.9 Å². The minimum Gasteiger partial charge on any atom is -0.462 e. The fourth-order valence-electron chi connectivity index (χ4n) is 2.04. The van der Waals surface area contributed by atoms with Crippen molar-refractivity contribution in [1.29, 1.82) is 0 Å². The van der Waals surface area contributed by atoms with Crippen LogP contribution in [0.25, 0.3) is 0 Å². The molecule has 2 N–H and O–H groups in total. The van der Waals surface area contributed by atoms with Gasteiger partial charge in [-0.2, -0.15) is 0 Å². The highest BCUT2D eigenvalue weighted by Crippen LogP contribution is 2.36. The number of rotatable bonds is 6. The lowest BCUT2D eigenvalue weighted by molar-refractivity contribution is -0.154. The molecule has 6 nitrogen and oxygen atoms in total. The van der Waals surface area contributed by atoms with Gasteiger partial charge in [-0.3, -0.25) is 0 Å². The van der Waals surface area contributed by atoms with Gasteiger partial charge >= 0.3 is 5.97 Å². The van der Waals surface area contributed by atoms with Crippen LogP contribution in [0.5, 0.6) is 5.88 Å². The van der Waals surface area contributed by atoms with E-state index in [1.165, 1.54) is 6.92 Å². The van der Waals surface area contributed by atoms with E-state index in [0.717, 1.165) is 12.8 Å². The van der Waals surface area contributed by atoms with E-state index in [9.17, 15) is 9.18 Å². The number of carbonyl (C=O) groups is 1. The zero-order valence-electron chi connectivity index (χ0n) is 12.5. The fourth-order valence-corrected chi connectivity index (χ4v) is 2.46. The standard InChI is InChI=1S/C14H17Cl2FN2O4/c1-7(14(20)22-6-8-3-2-4-21-8)23-13-11(16)12(18)10(15)9(5-17)19-13/h7-8H,2-6H2,1H3,(H2,18,19)/t7-,8?/m1/s1. The molecule has 23 heavy (non-hydrogen) atoms. The fraction of sp³-hybridized carbons (Fsp3) is 0.571. The normalized spacial score (nSPS) is 18.7. The molecule has 128 valence electrons. The van der Waals surface area contributed by atoms with Crippen LogP contribution in [0.4, 0.5) is 10.1 Å². The quantitative estimate of drug-likeness (QED) is 0.779. The summed E-state index contributed by atoms with van der Waals surface area (Å²) < 4.78 is 28.7. The number of nitrogen functional groups attached to an aromatic ring is 1. The highest BCUT2D eigenvalue weighted by atomic mass is 35.5. The number of ether oxygens (including phenoxy) is 3. The number of alkyl halides is 1. The summed E-state index contributed by atoms with van der Waals surface area (Å²) in [4.78, 5) is 15.8. The molecule has 1 saturated heterocycles. The molecule has 1 unspecified atom stereocenters. The van der Waals surface area contributed by atoms with E-state index in [1.807, 2.05) is 0 Å². The molecule has 9 heteroatoms. The third-order valence-electron chi connectivity index (χ3n) is 3.33. The molecule has 1 aliphatic heterocycles. The summed E-state index contributed by atoms with van der Waals surface area (Å²) in [6, 6.07) is 0. The van der Waals surface area contributed by atoms with Crippen molar-refractivity contribution in [3.05, 3.63) is 15.7 Å². The van der Waals surface area contributed by atoms with Crippen molar-refractivity contribution in [1.82, 2.24) is 4.98 Å². The van der Waals surface area contributed by atoms with Crippen LogP contribution in [0.3, 0.4) is 0 Å². The van der Waals surface area contributed by atoms with E-state index in [4.69, 9.17) is 43.1 Å². The van der Waals surface area contributed by atoms with Crippen LogP contribution >= 0.6 is 23.2 Å². The third kappa shape index (κ3) is 4.37. The predicted molar refractivity (Wildman–Crippen MR) is 83.5 cm³/mol. The lowest BCUT2D eigenvalue weighted by Crippen LogP contribution is -2.29. The van der Waals surface area contributed by atoms with Gasteiger partial charge in [0.2, 0.25) is 5.88 Å². The van der Waals surface area contributed by atoms with Crippen molar-refractivity contribution >= 4 is 34.9 Å². The van der Waals surface area contributed by atoms with Gasteiger partial charge in [-0.25, -0.2) is 14.2 Å². The van der Waals surface area contributed by atoms with E-state index in [0.29, 0.717) is 6.61 Å². The van der Waals surface area contributed by atoms with Crippen LogP contribution in [0, 0.1) is 0 Å². The second-order valence-electron chi connectivity index (χ2n) is 5.06. The monoisotopic (exact) mass is 366 g/mol. The molecule has 0 saturated carbocycles. The molecule has 2 heterocycles. The van der Waals surface area contributed by atoms with E-state index in [1.54, 1.807) is 0 Å². The molecule has 0 spiro atoms. The molecule has 0 aliphatic carbocycles. The summed E-state index contributed by atoms with van der Waals surface area (Å²) in [5, 5.41) is -0.149. The Bertz CT molecular complexity index is 582. The van der Waals surface area contributed by atoms with Gasteiger partial charge in [0.1, 0.15) is 18.3 Å². The number of hydrogen-bond donors (Lipinski definition) is 1. The molecule has 0 radical (unpaired) electrons. The summed E-state index contributed by atoms with van der Waals surface area (Å²) >= 11 is 11.8. The van der Waals surface area contributed by atoms with E-state index in [-0.39, 0.29) is 40.0 Å². The highest BCUT2D eigenvalue weighted by molar-refractivity contribution is 6.39. The molecule has 1 aliphatic rings. The van der Waals surface area contributed by atoms with Gasteiger partial charge in [0.25, 0.3) is 0 Å². The Kier molecular flexibility index (Phi) is 6.26. The number of nitrogens with zero attached hydrogens (tertiary/aromatic N) is 1. The van der Waals surface area contributed by atoms with Gasteiger partial charge in [0, 0.05) is 6.61 Å². The number of carbonyl (C=O) groups excluding carboxylic acids is 1. The van der Waals surface area contributed by atoms with Crippen LogP contribution in [0.1, 0.15) is 25.5 Å². The van der Waals surface area contributed by atoms with Crippen molar-refractivity contribution < 1.29 is 23.4 Å². The Morgan fingerprint density at radius 3 is 2.87 bits per heavy atom. The third-order valence-corrected chi connectivity index (χ3v) is 4.12. The molecule has 2 rings (SSSR count). The first-order valence-corrected chi connectivity index (χ1v) is 7.83. The van der Waals surface area contributed by atoms with Gasteiger partial charge in [0.15, 0.2) is 6.10 Å². The molecule has 1 aromatic rings. The molecule has 0 aromatic carbocycles. The number of halogens is 3. The maximum absolute atomic E-state index is 12.9. The van der Waals surface area contributed by atoms with E-state index >= 15 is 0 Å². The Labute approximate surface area is 143 Å². The van der Waals surface area contributed by atoms with E-state index < -0.39 is 18.7 Å². The van der Waals surface area contributed by atoms with E-state index in [2.05, 4.69) is 4.98 Å². The Morgan fingerprint density at radius 1 is 1.52 bits per heavy atom. The van der Waals surface area contributed by atoms with Gasteiger partial charge in [0.05, 0.1) is 22.5 Å². The van der Waals surface area contributed by atoms with Gasteiger partial charge in [-0.15, -0.1) is 0 Å². The second kappa shape index (κ2) is 7.99. The number of nitrogens with two attached hydrogens (primary N) is 1. The first kappa shape index (κ1) is 18.0. The molecular weight excluding hydrogens is 350 g/mol. The van der Waals surface area contributed by atoms with Crippen LogP contribution in [0.15, 0.2) is 0 Å². The van der Waals surface area contributed by atoms with Crippen LogP contribution in [-0.2, 0) is 20.9 Å². The van der Waals surface area contributed by atoms with Crippen LogP contribution < -0.4 is 10.5 Å². The summed E-state index contributed by atoms with van der Waals surface area (Å²) in [6.07, 6.45) is 0.722. The zero-order valence-corrected chi connectivity index (χ0v) is 14.0. The number of hydrogen-bond acceptors (Lipinski definition) is 6. The smallest absolute Gasteiger partial charge is 0.347 e. The lowest BCUT2D eigenvalue weighted by atomic mass is 10.2. The van der Waals surface area contributed by atoms with Gasteiger partial charge < -0.3 is 19.9 Å². The average Bonchev–Trinajstić information content (AvgIpc) is 3.06. The number of pyridine rings is 1. The predicted octanol–water partition coefficient (Wildman–Crippen LogP) is 2.93. The largest absolute Gasteiger partial charge is 0.462 e. The zero-order chi connectivity index (χ0) is 17.0. The average molecular weight is 367 g/mol. The van der Waals surface area contributed by atoms with Crippen LogP contribution in [-0.4, -0.2) is 36.4 Å². The number of anilines is 1. The topological polar surface area (TPSA) is 83.7 Å². The summed E-state index contributed by atoms with van der Waals surface area (Å²) in [7, 11) is 0. The highest BCUT2D eigenvalue weighted by Gasteiger charge is 2.24. The van der Waals surface area contributed by atoms with Gasteiger partial charge in [-0.05, 0) is 19.8 Å². The number of esters is 1. The van der Waals surface area contributed by atoms with Crippen molar-refractivity contribution in [2.24, 2.45) is 0 Å².